The van der Waals surface area contributed by atoms with Crippen LogP contribution in [0.2, 0.25) is 0 Å². The smallest absolute Gasteiger partial charge is 0.290 e. The normalized spacial score (nSPS) is 22.9. The molecule has 0 spiro atoms. The maximum atomic E-state index is 11.2. The molecule has 2 N–H and O–H groups in total. The molecule has 1 aromatic rings. The number of hydrogen-bond acceptors (Lipinski definition) is 5. The van der Waals surface area contributed by atoms with Crippen molar-refractivity contribution in [2.75, 3.05) is 6.61 Å². The predicted octanol–water partition coefficient (Wildman–Crippen LogP) is 2.51. The van der Waals surface area contributed by atoms with Gasteiger partial charge in [-0.15, -0.1) is 0 Å². The fourth-order valence-electron chi connectivity index (χ4n) is 1.50. The van der Waals surface area contributed by atoms with E-state index in [0.717, 1.165) is 23.9 Å². The summed E-state index contributed by atoms with van der Waals surface area (Å²) in [5, 5.41) is 10.9. The van der Waals surface area contributed by atoms with Crippen LogP contribution in [-0.4, -0.2) is 29.0 Å². The first kappa shape index (κ1) is 14.6. The minimum atomic E-state index is -0.377. The number of rotatable bonds is 1. The number of carbonyl (C=O) groups is 2. The van der Waals surface area contributed by atoms with Crippen LogP contribution >= 0.6 is 11.8 Å². The number of benzene rings is 1. The Morgan fingerprint density at radius 3 is 2.35 bits per heavy atom. The molecule has 2 aliphatic heterocycles. The van der Waals surface area contributed by atoms with Crippen LogP contribution in [0.5, 0.6) is 5.75 Å². The van der Waals surface area contributed by atoms with Crippen molar-refractivity contribution < 1.29 is 19.4 Å². The number of carbonyl (C=O) groups excluding carboxylic acids is 2. The molecule has 2 saturated heterocycles. The lowest BCUT2D eigenvalue weighted by molar-refractivity contribution is -0.115. The van der Waals surface area contributed by atoms with E-state index in [1.54, 1.807) is 18.2 Å². The molecule has 0 aromatic heterocycles. The molecule has 6 heteroatoms. The molecule has 5 nitrogen and oxygen atoms in total. The third kappa shape index (κ3) is 4.11. The summed E-state index contributed by atoms with van der Waals surface area (Å²) >= 11 is 0.872. The van der Waals surface area contributed by atoms with Gasteiger partial charge in [0.2, 0.25) is 0 Å². The summed E-state index contributed by atoms with van der Waals surface area (Å²) in [5.41, 5.74) is 0.764. The molecule has 106 valence electrons. The number of thioether (sulfide) groups is 1. The SMILES string of the molecule is CC1CCO1.O=C1NC(=O)C(=Cc2ccc(O)cc2)S1. The molecule has 2 heterocycles. The topological polar surface area (TPSA) is 75.6 Å². The molecule has 0 saturated carbocycles. The van der Waals surface area contributed by atoms with Crippen LogP contribution in [0.15, 0.2) is 29.2 Å². The van der Waals surface area contributed by atoms with E-state index < -0.39 is 0 Å². The van der Waals surface area contributed by atoms with E-state index in [9.17, 15) is 9.59 Å². The maximum absolute atomic E-state index is 11.2. The Morgan fingerprint density at radius 2 is 1.95 bits per heavy atom. The average Bonchev–Trinajstić information content (AvgIpc) is 2.69. The number of aromatic hydroxyl groups is 1. The summed E-state index contributed by atoms with van der Waals surface area (Å²) in [6.07, 6.45) is 3.43. The van der Waals surface area contributed by atoms with Gasteiger partial charge in [-0.2, -0.15) is 0 Å². The van der Waals surface area contributed by atoms with Crippen molar-refractivity contribution in [1.29, 1.82) is 0 Å². The lowest BCUT2D eigenvalue weighted by atomic mass is 10.2. The van der Waals surface area contributed by atoms with Crippen molar-refractivity contribution in [1.82, 2.24) is 5.32 Å². The minimum Gasteiger partial charge on any atom is -0.508 e. The second-order valence-corrected chi connectivity index (χ2v) is 5.43. The second kappa shape index (κ2) is 6.58. The standard InChI is InChI=1S/C10H7NO3S.C4H8O/c12-7-3-1-6(2-4-7)5-8-9(13)11-10(14)15-8;1-4-2-3-5-4/h1-5,12H,(H,11,13,14);4H,2-3H2,1H3. The minimum absolute atomic E-state index is 0.164. The largest absolute Gasteiger partial charge is 0.508 e. The molecular formula is C14H15NO4S. The van der Waals surface area contributed by atoms with Gasteiger partial charge in [-0.05, 0) is 48.9 Å². The summed E-state index contributed by atoms with van der Waals surface area (Å²) in [6.45, 7) is 3.07. The molecule has 3 rings (SSSR count). The highest BCUT2D eigenvalue weighted by atomic mass is 32.2. The average molecular weight is 293 g/mol. The highest BCUT2D eigenvalue weighted by Gasteiger charge is 2.24. The second-order valence-electron chi connectivity index (χ2n) is 4.41. The molecule has 2 amide bonds. The zero-order valence-corrected chi connectivity index (χ0v) is 11.8. The Kier molecular flexibility index (Phi) is 4.81. The van der Waals surface area contributed by atoms with Crippen molar-refractivity contribution >= 4 is 29.0 Å². The van der Waals surface area contributed by atoms with Gasteiger partial charge < -0.3 is 9.84 Å². The summed E-state index contributed by atoms with van der Waals surface area (Å²) in [5.74, 6) is -0.213. The van der Waals surface area contributed by atoms with E-state index >= 15 is 0 Å². The van der Waals surface area contributed by atoms with Crippen molar-refractivity contribution in [3.05, 3.63) is 34.7 Å². The number of amides is 2. The molecule has 2 fully saturated rings. The third-order valence-corrected chi connectivity index (χ3v) is 3.57. The van der Waals surface area contributed by atoms with E-state index in [1.165, 1.54) is 18.6 Å². The Bertz CT molecular complexity index is 535. The van der Waals surface area contributed by atoms with Gasteiger partial charge in [-0.3, -0.25) is 14.9 Å². The van der Waals surface area contributed by atoms with Gasteiger partial charge in [0.15, 0.2) is 0 Å². The lowest BCUT2D eigenvalue weighted by Crippen LogP contribution is -2.22. The number of ether oxygens (including phenoxy) is 1. The molecular weight excluding hydrogens is 278 g/mol. The van der Waals surface area contributed by atoms with Gasteiger partial charge in [-0.25, -0.2) is 0 Å². The number of phenolic OH excluding ortho intramolecular Hbond substituents is 1. The van der Waals surface area contributed by atoms with Crippen LogP contribution < -0.4 is 5.32 Å². The first-order valence-corrected chi connectivity index (χ1v) is 7.02. The molecule has 0 aliphatic carbocycles. The van der Waals surface area contributed by atoms with E-state index in [0.29, 0.717) is 11.0 Å². The Hall–Kier alpha value is -1.79. The Balaban J connectivity index is 0.000000247. The monoisotopic (exact) mass is 293 g/mol. The van der Waals surface area contributed by atoms with Crippen LogP contribution in [0, 0.1) is 0 Å². The van der Waals surface area contributed by atoms with E-state index in [-0.39, 0.29) is 16.9 Å². The van der Waals surface area contributed by atoms with Crippen LogP contribution in [0.25, 0.3) is 6.08 Å². The van der Waals surface area contributed by atoms with Crippen molar-refractivity contribution in [2.45, 2.75) is 19.4 Å². The van der Waals surface area contributed by atoms with Gasteiger partial charge in [0.1, 0.15) is 5.75 Å². The highest BCUT2D eigenvalue weighted by Crippen LogP contribution is 2.25. The van der Waals surface area contributed by atoms with Gasteiger partial charge in [0, 0.05) is 6.61 Å². The van der Waals surface area contributed by atoms with Crippen molar-refractivity contribution in [3.63, 3.8) is 0 Å². The number of hydrogen-bond donors (Lipinski definition) is 2. The van der Waals surface area contributed by atoms with Crippen LogP contribution in [0.1, 0.15) is 18.9 Å². The Labute approximate surface area is 121 Å². The fraction of sp³-hybridized carbons (Fsp3) is 0.286. The van der Waals surface area contributed by atoms with Gasteiger partial charge in [0.05, 0.1) is 11.0 Å². The van der Waals surface area contributed by atoms with Gasteiger partial charge >= 0.3 is 0 Å². The van der Waals surface area contributed by atoms with Gasteiger partial charge in [-0.1, -0.05) is 12.1 Å². The molecule has 1 unspecified atom stereocenters. The molecule has 2 aliphatic rings. The van der Waals surface area contributed by atoms with Crippen molar-refractivity contribution in [3.8, 4) is 5.75 Å². The quantitative estimate of drug-likeness (QED) is 0.778. The van der Waals surface area contributed by atoms with Crippen LogP contribution in [0.4, 0.5) is 4.79 Å². The van der Waals surface area contributed by atoms with Crippen molar-refractivity contribution in [2.24, 2.45) is 0 Å². The molecule has 0 bridgehead atoms. The molecule has 1 aromatic carbocycles. The first-order chi connectivity index (χ1) is 9.54. The van der Waals surface area contributed by atoms with E-state index in [4.69, 9.17) is 9.84 Å². The predicted molar refractivity (Wildman–Crippen MR) is 77.2 cm³/mol. The van der Waals surface area contributed by atoms with E-state index in [2.05, 4.69) is 12.2 Å². The zero-order chi connectivity index (χ0) is 14.5. The number of imide groups is 1. The maximum Gasteiger partial charge on any atom is 0.290 e. The zero-order valence-electron chi connectivity index (χ0n) is 11.0. The first-order valence-electron chi connectivity index (χ1n) is 6.20. The molecule has 0 radical (unpaired) electrons. The third-order valence-electron chi connectivity index (χ3n) is 2.76. The lowest BCUT2D eigenvalue weighted by Gasteiger charge is -2.20. The highest BCUT2D eigenvalue weighted by molar-refractivity contribution is 8.18. The Morgan fingerprint density at radius 1 is 1.35 bits per heavy atom. The number of nitrogens with one attached hydrogen (secondary N) is 1. The van der Waals surface area contributed by atoms with Crippen LogP contribution in [-0.2, 0) is 9.53 Å². The number of phenols is 1. The fourth-order valence-corrected chi connectivity index (χ4v) is 2.18. The summed E-state index contributed by atoms with van der Waals surface area (Å²) in [6, 6.07) is 6.37. The molecule has 20 heavy (non-hydrogen) atoms. The summed E-state index contributed by atoms with van der Waals surface area (Å²) in [4.78, 5) is 22.4. The van der Waals surface area contributed by atoms with Gasteiger partial charge in [0.25, 0.3) is 11.1 Å². The van der Waals surface area contributed by atoms with E-state index in [1.807, 2.05) is 0 Å². The van der Waals surface area contributed by atoms with Crippen LogP contribution in [0.3, 0.4) is 0 Å². The molecule has 1 atom stereocenters. The summed E-state index contributed by atoms with van der Waals surface area (Å²) < 4.78 is 4.93. The summed E-state index contributed by atoms with van der Waals surface area (Å²) in [7, 11) is 0.